The molecule has 16 fully saturated rings. The third-order valence-electron chi connectivity index (χ3n) is 30.2. The van der Waals surface area contributed by atoms with Crippen LogP contribution < -0.4 is 0 Å². The van der Waals surface area contributed by atoms with Crippen LogP contribution in [-0.2, 0) is 0 Å². The molecule has 8 N–H and O–H groups in total. The van der Waals surface area contributed by atoms with E-state index < -0.39 is 83.0 Å². The van der Waals surface area contributed by atoms with E-state index in [0.717, 1.165) is 199 Å². The Bertz CT molecular complexity index is 2120. The van der Waals surface area contributed by atoms with Gasteiger partial charge in [0.05, 0.1) is 59.5 Å². The molecule has 0 aliphatic heterocycles. The number of hydrogen-bond donors (Lipinski definition) is 8. The maximum absolute atomic E-state index is 14.9. The first kappa shape index (κ1) is 49.2. The van der Waals surface area contributed by atoms with E-state index in [2.05, 4.69) is 0 Å². The van der Waals surface area contributed by atoms with Gasteiger partial charge in [-0.3, -0.25) is 0 Å². The first-order chi connectivity index (χ1) is 34.3. The fraction of sp³-hybridized carbons (Fsp3) is 1.00. The summed E-state index contributed by atoms with van der Waals surface area (Å²) in [6.07, 6.45) is 31.5. The highest BCUT2D eigenvalue weighted by molar-refractivity contribution is 7.91. The highest BCUT2D eigenvalue weighted by atomic mass is 30.0. The van der Waals surface area contributed by atoms with Gasteiger partial charge in [0.15, 0.2) is 0 Å². The van der Waals surface area contributed by atoms with Gasteiger partial charge in [-0.2, -0.15) is 0 Å². The number of rotatable bonds is 14. The molecular weight excluding hydrogens is 1030 g/mol. The van der Waals surface area contributed by atoms with E-state index in [-0.39, 0.29) is 55.9 Å². The van der Waals surface area contributed by atoms with Crippen molar-refractivity contribution in [3.05, 3.63) is 0 Å². The van der Waals surface area contributed by atoms with E-state index >= 15 is 0 Å². The molecule has 16 saturated carbocycles. The Morgan fingerprint density at radius 3 is 0.847 bits per heavy atom. The summed E-state index contributed by atoms with van der Waals surface area (Å²) in [6.45, 7) is 0. The smallest absolute Gasteiger partial charge is 0.0653 e. The molecule has 16 aliphatic rings. The van der Waals surface area contributed by atoms with E-state index in [9.17, 15) is 40.9 Å². The third-order valence-corrected chi connectivity index (χ3v) is 165. The van der Waals surface area contributed by atoms with Crippen molar-refractivity contribution in [3.8, 4) is 0 Å². The molecule has 25 unspecified atom stereocenters. The summed E-state index contributed by atoms with van der Waals surface area (Å²) in [6, 6.07) is 0. The molecule has 0 spiro atoms. The monoisotopic (exact) mass is 1120 g/mol. The highest BCUT2D eigenvalue weighted by Crippen LogP contribution is 2.86. The van der Waals surface area contributed by atoms with Crippen LogP contribution in [0.15, 0.2) is 0 Å². The largest absolute Gasteiger partial charge is 0.390 e. The van der Waals surface area contributed by atoms with Crippen molar-refractivity contribution in [1.29, 1.82) is 0 Å². The maximum Gasteiger partial charge on any atom is 0.0653 e. The van der Waals surface area contributed by atoms with Crippen LogP contribution in [0.4, 0.5) is 0 Å². The molecule has 16 rings (SSSR count). The maximum atomic E-state index is 14.9. The van der Waals surface area contributed by atoms with Crippen molar-refractivity contribution < 1.29 is 40.9 Å². The number of hydrogen-bond acceptors (Lipinski definition) is 8. The van der Waals surface area contributed by atoms with E-state index in [1.54, 1.807) is 0 Å². The van der Waals surface area contributed by atoms with Crippen LogP contribution in [0.2, 0.25) is 44.3 Å². The lowest BCUT2D eigenvalue weighted by Crippen LogP contribution is -2.97. The molecule has 16 bridgehead atoms. The molecule has 0 saturated heterocycles. The van der Waals surface area contributed by atoms with Crippen LogP contribution >= 0.6 is 0 Å². The number of aliphatic hydroxyl groups is 8. The Balaban J connectivity index is 1.14. The Morgan fingerprint density at radius 2 is 0.611 bits per heavy atom. The second kappa shape index (κ2) is 15.7. The van der Waals surface area contributed by atoms with Gasteiger partial charge in [-0.1, -0.05) is 0 Å². The van der Waals surface area contributed by atoms with Gasteiger partial charge in [-0.15, -0.1) is 0 Å². The SMILES string of the molecule is OC12CCC(CC1[SiH]([SiH2][SiH2][SiH2][SiH3])[Si](C1CC3CCC1(O)C3)(C1CC3CCC1(O)C3)[Si](C1CC3CCC1(O)C3)(C1CC3CCC1(O)C3)[Si](C1CC3CCC1(O)C3)(C1CC3CCC1(O)C3)C1CC3CCC1(O)C3)C2. The molecule has 402 valence electrons. The predicted molar refractivity (Wildman–Crippen MR) is 305 cm³/mol. The van der Waals surface area contributed by atoms with Gasteiger partial charge in [0, 0.05) is 14.9 Å². The average Bonchev–Trinajstić information content (AvgIpc) is 4.16. The molecule has 16 aliphatic carbocycles. The molecule has 8 nitrogen and oxygen atoms in total. The zero-order valence-corrected chi connectivity index (χ0v) is 55.0. The first-order valence-corrected chi connectivity index (χ1v) is 60.0. The van der Waals surface area contributed by atoms with Gasteiger partial charge in [-0.25, -0.2) is 0 Å². The summed E-state index contributed by atoms with van der Waals surface area (Å²) >= 11 is 0. The minimum atomic E-state index is -3.72. The molecular formula is C56H98O8Si8. The van der Waals surface area contributed by atoms with E-state index in [0.29, 0.717) is 52.9 Å². The lowest BCUT2D eigenvalue weighted by molar-refractivity contribution is 0.0188. The summed E-state index contributed by atoms with van der Waals surface area (Å²) in [4.78, 5) is 0. The second-order valence-corrected chi connectivity index (χ2v) is 98.2. The lowest BCUT2D eigenvalue weighted by atomic mass is 9.94. The zero-order valence-electron chi connectivity index (χ0n) is 44.6. The molecule has 16 heteroatoms. The molecule has 0 aromatic carbocycles. The quantitative estimate of drug-likeness (QED) is 0.119. The lowest BCUT2D eigenvalue weighted by Gasteiger charge is -2.79. The van der Waals surface area contributed by atoms with Crippen molar-refractivity contribution >= 4 is 65.1 Å². The van der Waals surface area contributed by atoms with Crippen LogP contribution in [0.1, 0.15) is 205 Å². The van der Waals surface area contributed by atoms with Crippen LogP contribution in [0, 0.1) is 47.3 Å². The first-order valence-electron chi connectivity index (χ1n) is 32.1. The second-order valence-electron chi connectivity index (χ2n) is 32.5. The van der Waals surface area contributed by atoms with E-state index in [4.69, 9.17) is 0 Å². The molecule has 0 amide bonds. The van der Waals surface area contributed by atoms with Gasteiger partial charge < -0.3 is 40.9 Å². The zero-order chi connectivity index (χ0) is 49.1. The topological polar surface area (TPSA) is 162 Å². The van der Waals surface area contributed by atoms with Gasteiger partial charge in [-0.05, 0) is 333 Å². The fourth-order valence-corrected chi connectivity index (χ4v) is 273. The van der Waals surface area contributed by atoms with Crippen molar-refractivity contribution in [1.82, 2.24) is 0 Å². The average molecular weight is 1120 g/mol. The molecule has 0 radical (unpaired) electrons. The van der Waals surface area contributed by atoms with Gasteiger partial charge >= 0.3 is 0 Å². The van der Waals surface area contributed by atoms with Crippen molar-refractivity contribution in [2.75, 3.05) is 0 Å². The predicted octanol–water partition coefficient (Wildman–Crippen LogP) is 4.35. The van der Waals surface area contributed by atoms with Crippen molar-refractivity contribution in [2.24, 2.45) is 47.3 Å². The normalized spacial score (nSPS) is 62.2. The summed E-state index contributed by atoms with van der Waals surface area (Å²) in [7, 11) is -12.6. The Labute approximate surface area is 445 Å². The molecule has 25 atom stereocenters. The van der Waals surface area contributed by atoms with Crippen LogP contribution in [0.25, 0.3) is 0 Å². The Kier molecular flexibility index (Phi) is 10.7. The van der Waals surface area contributed by atoms with Crippen LogP contribution in [0.3, 0.4) is 0 Å². The van der Waals surface area contributed by atoms with Crippen molar-refractivity contribution in [2.45, 2.75) is 295 Å². The summed E-state index contributed by atoms with van der Waals surface area (Å²) in [5.41, 5.74) is -5.51. The number of fused-ring (bicyclic) bond motifs is 16. The van der Waals surface area contributed by atoms with Gasteiger partial charge in [0.25, 0.3) is 0 Å². The van der Waals surface area contributed by atoms with Crippen LogP contribution in [-0.4, -0.2) is 151 Å². The van der Waals surface area contributed by atoms with Crippen molar-refractivity contribution in [3.63, 3.8) is 0 Å². The molecule has 72 heavy (non-hydrogen) atoms. The van der Waals surface area contributed by atoms with Crippen LogP contribution in [0.5, 0.6) is 0 Å². The highest BCUT2D eigenvalue weighted by Gasteiger charge is 2.93. The molecule has 0 aromatic rings. The van der Waals surface area contributed by atoms with E-state index in [1.807, 2.05) is 0 Å². The Morgan fingerprint density at radius 1 is 0.347 bits per heavy atom. The summed E-state index contributed by atoms with van der Waals surface area (Å²) < 4.78 is 0. The van der Waals surface area contributed by atoms with Gasteiger partial charge in [0.2, 0.25) is 0 Å². The van der Waals surface area contributed by atoms with Gasteiger partial charge in [0.1, 0.15) is 0 Å². The summed E-state index contributed by atoms with van der Waals surface area (Å²) in [5.74, 6) is 3.83. The summed E-state index contributed by atoms with van der Waals surface area (Å²) in [5, 5.41) is 117. The minimum absolute atomic E-state index is 0.0561. The Hall–Kier alpha value is 1.42. The fourth-order valence-electron chi connectivity index (χ4n) is 29.1. The third kappa shape index (κ3) is 5.98. The minimum Gasteiger partial charge on any atom is -0.390 e. The molecule has 0 heterocycles. The van der Waals surface area contributed by atoms with E-state index in [1.165, 1.54) is 16.2 Å². The molecule has 0 aromatic heterocycles. The standard InChI is InChI=1S/C56H98O8Si8/c57-49-9-1-33(25-49)17-41(49)69(68-67-66-65)71(45-21-37-5-13-53(45,61)29-37,46-22-38-6-14-54(46,62)30-38)72(47-23-39-7-15-55(47,63)31-39,48-24-40-8-16-56(48,64)32-40)70(42-18-34-2-10-50(42,58)26-34,43-19-35-3-11-51(43,59)27-35)44-20-36-4-12-52(44,60)28-36/h33-48,57-64,69H,1-32,66-68H2,65H3.